The molecule has 8 heteroatoms. The minimum Gasteiger partial charge on any atom is -0.465 e. The Morgan fingerprint density at radius 2 is 2.00 bits per heavy atom. The van der Waals surface area contributed by atoms with Gasteiger partial charge < -0.3 is 10.2 Å². The third-order valence-corrected chi connectivity index (χ3v) is 4.26. The zero-order valence-electron chi connectivity index (χ0n) is 12.5. The van der Waals surface area contributed by atoms with Crippen LogP contribution in [0.15, 0.2) is 41.2 Å². The number of para-hydroxylation sites is 1. The molecule has 0 amide bonds. The Bertz CT molecular complexity index is 918. The summed E-state index contributed by atoms with van der Waals surface area (Å²) in [7, 11) is 1.28. The summed E-state index contributed by atoms with van der Waals surface area (Å²) in [6, 6.07) is 10.7. The number of hydrogen-bond donors (Lipinski definition) is 2. The number of carbonyl (C=O) groups excluding carboxylic acids is 1. The van der Waals surface area contributed by atoms with Crippen molar-refractivity contribution >= 4 is 33.5 Å². The third kappa shape index (κ3) is 2.88. The maximum absolute atomic E-state index is 12.1. The van der Waals surface area contributed by atoms with E-state index in [0.29, 0.717) is 16.2 Å². The standard InChI is InChI=1S/C15H14N4O3S/c1-9-13(17-16-10-6-4-3-5-7-10)14-19(18-9)12(20)8-11(23-14)15(21)22-2/h3-8,16-17H,1-2H3. The van der Waals surface area contributed by atoms with Gasteiger partial charge in [-0.15, -0.1) is 11.3 Å². The van der Waals surface area contributed by atoms with E-state index in [4.69, 9.17) is 0 Å². The highest BCUT2D eigenvalue weighted by Gasteiger charge is 2.16. The van der Waals surface area contributed by atoms with Crippen molar-refractivity contribution in [3.8, 4) is 0 Å². The van der Waals surface area contributed by atoms with Gasteiger partial charge in [0, 0.05) is 6.07 Å². The van der Waals surface area contributed by atoms with E-state index in [2.05, 4.69) is 20.7 Å². The van der Waals surface area contributed by atoms with Crippen molar-refractivity contribution in [2.45, 2.75) is 6.92 Å². The van der Waals surface area contributed by atoms with Gasteiger partial charge in [-0.1, -0.05) is 18.2 Å². The molecule has 0 aliphatic heterocycles. The van der Waals surface area contributed by atoms with Crippen molar-refractivity contribution in [2.75, 3.05) is 18.0 Å². The molecule has 0 spiro atoms. The van der Waals surface area contributed by atoms with E-state index in [9.17, 15) is 9.59 Å². The number of benzene rings is 1. The summed E-state index contributed by atoms with van der Waals surface area (Å²) in [6.07, 6.45) is 0. The molecule has 7 nitrogen and oxygen atoms in total. The molecule has 0 saturated heterocycles. The van der Waals surface area contributed by atoms with Crippen LogP contribution in [-0.2, 0) is 4.74 Å². The van der Waals surface area contributed by atoms with Gasteiger partial charge in [0.2, 0.25) is 0 Å². The number of nitrogens with zero attached hydrogens (tertiary/aromatic N) is 2. The number of methoxy groups -OCH3 is 1. The van der Waals surface area contributed by atoms with Crippen molar-refractivity contribution in [1.29, 1.82) is 0 Å². The molecule has 0 fully saturated rings. The van der Waals surface area contributed by atoms with Crippen LogP contribution < -0.4 is 16.4 Å². The van der Waals surface area contributed by atoms with Crippen molar-refractivity contribution in [3.63, 3.8) is 0 Å². The molecule has 118 valence electrons. The summed E-state index contributed by atoms with van der Waals surface area (Å²) < 4.78 is 5.95. The van der Waals surface area contributed by atoms with Crippen LogP contribution in [0.3, 0.4) is 0 Å². The number of aryl methyl sites for hydroxylation is 1. The average molecular weight is 330 g/mol. The van der Waals surface area contributed by atoms with E-state index in [1.165, 1.54) is 17.7 Å². The minimum atomic E-state index is -0.546. The normalized spacial score (nSPS) is 10.5. The molecular formula is C15H14N4O3S. The fraction of sp³-hybridized carbons (Fsp3) is 0.133. The number of rotatable bonds is 4. The summed E-state index contributed by atoms with van der Waals surface area (Å²) >= 11 is 1.14. The van der Waals surface area contributed by atoms with Gasteiger partial charge >= 0.3 is 5.97 Å². The second-order valence-electron chi connectivity index (χ2n) is 4.73. The van der Waals surface area contributed by atoms with Gasteiger partial charge in [0.15, 0.2) is 0 Å². The molecule has 0 radical (unpaired) electrons. The predicted octanol–water partition coefficient (Wildman–Crippen LogP) is 2.29. The first-order chi connectivity index (χ1) is 11.1. The number of hydrazine groups is 1. The van der Waals surface area contributed by atoms with Crippen molar-refractivity contribution < 1.29 is 9.53 Å². The number of anilines is 2. The van der Waals surface area contributed by atoms with Crippen LogP contribution in [0.2, 0.25) is 0 Å². The number of esters is 1. The first kappa shape index (κ1) is 15.0. The number of nitrogens with one attached hydrogen (secondary N) is 2. The fourth-order valence-electron chi connectivity index (χ4n) is 2.06. The Morgan fingerprint density at radius 3 is 2.70 bits per heavy atom. The van der Waals surface area contributed by atoms with Gasteiger partial charge in [-0.2, -0.15) is 9.61 Å². The van der Waals surface area contributed by atoms with Crippen molar-refractivity contribution in [3.05, 3.63) is 57.3 Å². The molecule has 0 saturated carbocycles. The summed E-state index contributed by atoms with van der Waals surface area (Å²) in [5.74, 6) is -0.546. The quantitative estimate of drug-likeness (QED) is 0.564. The van der Waals surface area contributed by atoms with Crippen LogP contribution in [0.4, 0.5) is 11.4 Å². The minimum absolute atomic E-state index is 0.229. The van der Waals surface area contributed by atoms with Crippen LogP contribution in [0.5, 0.6) is 0 Å². The van der Waals surface area contributed by atoms with Crippen molar-refractivity contribution in [1.82, 2.24) is 9.61 Å². The molecule has 0 aliphatic rings. The smallest absolute Gasteiger partial charge is 0.348 e. The lowest BCUT2D eigenvalue weighted by molar-refractivity contribution is 0.0606. The van der Waals surface area contributed by atoms with Gasteiger partial charge in [-0.25, -0.2) is 4.79 Å². The highest BCUT2D eigenvalue weighted by atomic mass is 32.1. The lowest BCUT2D eigenvalue weighted by Crippen LogP contribution is -2.15. The number of hydrogen-bond acceptors (Lipinski definition) is 7. The summed E-state index contributed by atoms with van der Waals surface area (Å²) in [6.45, 7) is 1.78. The van der Waals surface area contributed by atoms with E-state index in [-0.39, 0.29) is 10.4 Å². The second kappa shape index (κ2) is 6.09. The molecule has 3 rings (SSSR count). The van der Waals surface area contributed by atoms with Gasteiger partial charge in [0.05, 0.1) is 18.5 Å². The van der Waals surface area contributed by atoms with Crippen LogP contribution in [0.1, 0.15) is 15.4 Å². The van der Waals surface area contributed by atoms with Crippen LogP contribution >= 0.6 is 11.3 Å². The topological polar surface area (TPSA) is 84.7 Å². The second-order valence-corrected chi connectivity index (χ2v) is 5.76. The first-order valence-electron chi connectivity index (χ1n) is 6.79. The Labute approximate surface area is 135 Å². The monoisotopic (exact) mass is 330 g/mol. The maximum Gasteiger partial charge on any atom is 0.348 e. The van der Waals surface area contributed by atoms with Crippen LogP contribution in [-0.4, -0.2) is 22.7 Å². The Kier molecular flexibility index (Phi) is 3.98. The third-order valence-electron chi connectivity index (χ3n) is 3.18. The number of ether oxygens (including phenoxy) is 1. The lowest BCUT2D eigenvalue weighted by atomic mass is 10.3. The summed E-state index contributed by atoms with van der Waals surface area (Å²) in [5.41, 5.74) is 7.86. The molecular weight excluding hydrogens is 316 g/mol. The van der Waals surface area contributed by atoms with Gasteiger partial charge in [-0.3, -0.25) is 10.2 Å². The maximum atomic E-state index is 12.1. The molecule has 0 unspecified atom stereocenters. The predicted molar refractivity (Wildman–Crippen MR) is 89.1 cm³/mol. The largest absolute Gasteiger partial charge is 0.465 e. The number of aromatic nitrogens is 2. The molecule has 3 aromatic rings. The number of carbonyl (C=O) groups is 1. The first-order valence-corrected chi connectivity index (χ1v) is 7.60. The summed E-state index contributed by atoms with van der Waals surface area (Å²) in [4.78, 5) is 24.6. The van der Waals surface area contributed by atoms with Crippen molar-refractivity contribution in [2.24, 2.45) is 0 Å². The van der Waals surface area contributed by atoms with E-state index >= 15 is 0 Å². The zero-order chi connectivity index (χ0) is 16.4. The molecule has 1 aromatic carbocycles. The highest BCUT2D eigenvalue weighted by molar-refractivity contribution is 7.19. The lowest BCUT2D eigenvalue weighted by Gasteiger charge is -2.09. The van der Waals surface area contributed by atoms with E-state index in [1.54, 1.807) is 6.92 Å². The molecule has 0 bridgehead atoms. The molecule has 2 N–H and O–H groups in total. The Hall–Kier alpha value is -2.87. The molecule has 2 aromatic heterocycles. The molecule has 0 atom stereocenters. The van der Waals surface area contributed by atoms with E-state index in [0.717, 1.165) is 17.0 Å². The fourth-order valence-corrected chi connectivity index (χ4v) is 3.11. The molecule has 0 aliphatic carbocycles. The Balaban J connectivity index is 2.02. The molecule has 2 heterocycles. The average Bonchev–Trinajstić information content (AvgIpc) is 2.89. The summed E-state index contributed by atoms with van der Waals surface area (Å²) in [5, 5.41) is 4.21. The van der Waals surface area contributed by atoms with Gasteiger partial charge in [0.1, 0.15) is 15.4 Å². The van der Waals surface area contributed by atoms with E-state index < -0.39 is 5.97 Å². The highest BCUT2D eigenvalue weighted by Crippen LogP contribution is 2.26. The zero-order valence-corrected chi connectivity index (χ0v) is 13.3. The van der Waals surface area contributed by atoms with Crippen LogP contribution in [0, 0.1) is 6.92 Å². The molecule has 23 heavy (non-hydrogen) atoms. The van der Waals surface area contributed by atoms with Gasteiger partial charge in [-0.05, 0) is 19.1 Å². The van der Waals surface area contributed by atoms with Gasteiger partial charge in [0.25, 0.3) is 5.56 Å². The SMILES string of the molecule is COC(=O)c1cc(=O)n2nc(C)c(NNc3ccccc3)c2s1. The Morgan fingerprint density at radius 1 is 1.26 bits per heavy atom. The van der Waals surface area contributed by atoms with E-state index in [1.807, 2.05) is 30.3 Å². The number of fused-ring (bicyclic) bond motifs is 1. The van der Waals surface area contributed by atoms with Crippen LogP contribution in [0.25, 0.3) is 4.83 Å².